The third-order valence-corrected chi connectivity index (χ3v) is 5.45. The first-order valence-corrected chi connectivity index (χ1v) is 9.47. The maximum atomic E-state index is 12.4. The highest BCUT2D eigenvalue weighted by atomic mass is 32.2. The Kier molecular flexibility index (Phi) is 6.01. The summed E-state index contributed by atoms with van der Waals surface area (Å²) in [5, 5.41) is 0. The summed E-state index contributed by atoms with van der Waals surface area (Å²) in [5.41, 5.74) is 0. The summed E-state index contributed by atoms with van der Waals surface area (Å²) >= 11 is 0. The number of carbonyl (C=O) groups is 1. The zero-order valence-electron chi connectivity index (χ0n) is 13.6. The molecule has 0 spiro atoms. The Morgan fingerprint density at radius 3 is 2.35 bits per heavy atom. The number of rotatable bonds is 6. The molecule has 0 atom stereocenters. The SMILES string of the molecule is CCOc1ccc(S(=O)(=O)NC2CCN(C(=O)CC)CC2)cc1. The van der Waals surface area contributed by atoms with Gasteiger partial charge in [0.1, 0.15) is 5.75 Å². The lowest BCUT2D eigenvalue weighted by Gasteiger charge is -2.32. The van der Waals surface area contributed by atoms with Crippen LogP contribution in [0.15, 0.2) is 29.2 Å². The second-order valence-electron chi connectivity index (χ2n) is 5.53. The molecule has 1 fully saturated rings. The first-order valence-electron chi connectivity index (χ1n) is 7.99. The van der Waals surface area contributed by atoms with E-state index in [2.05, 4.69) is 4.72 Å². The van der Waals surface area contributed by atoms with Crippen molar-refractivity contribution in [2.24, 2.45) is 0 Å². The molecule has 1 heterocycles. The van der Waals surface area contributed by atoms with Gasteiger partial charge in [-0.25, -0.2) is 13.1 Å². The van der Waals surface area contributed by atoms with Crippen molar-refractivity contribution in [2.75, 3.05) is 19.7 Å². The van der Waals surface area contributed by atoms with Gasteiger partial charge in [0.05, 0.1) is 11.5 Å². The smallest absolute Gasteiger partial charge is 0.240 e. The summed E-state index contributed by atoms with van der Waals surface area (Å²) in [7, 11) is -3.54. The van der Waals surface area contributed by atoms with Crippen molar-refractivity contribution >= 4 is 15.9 Å². The van der Waals surface area contributed by atoms with Crippen LogP contribution in [0.3, 0.4) is 0 Å². The Morgan fingerprint density at radius 1 is 1.22 bits per heavy atom. The Hall–Kier alpha value is -1.60. The average molecular weight is 340 g/mol. The first-order chi connectivity index (χ1) is 11.0. The van der Waals surface area contributed by atoms with Gasteiger partial charge in [0.15, 0.2) is 0 Å². The van der Waals surface area contributed by atoms with Crippen LogP contribution in [0.5, 0.6) is 5.75 Å². The van der Waals surface area contributed by atoms with Crippen molar-refractivity contribution in [3.63, 3.8) is 0 Å². The minimum absolute atomic E-state index is 0.123. The highest BCUT2D eigenvalue weighted by Gasteiger charge is 2.26. The van der Waals surface area contributed by atoms with Gasteiger partial charge in [-0.1, -0.05) is 6.92 Å². The molecule has 23 heavy (non-hydrogen) atoms. The Balaban J connectivity index is 1.95. The molecular formula is C16H24N2O4S. The monoisotopic (exact) mass is 340 g/mol. The number of nitrogens with one attached hydrogen (secondary N) is 1. The van der Waals surface area contributed by atoms with Crippen molar-refractivity contribution in [1.82, 2.24) is 9.62 Å². The van der Waals surface area contributed by atoms with Gasteiger partial charge in [0, 0.05) is 25.6 Å². The van der Waals surface area contributed by atoms with Crippen LogP contribution in [-0.4, -0.2) is 45.0 Å². The van der Waals surface area contributed by atoms with Crippen LogP contribution in [-0.2, 0) is 14.8 Å². The van der Waals surface area contributed by atoms with E-state index < -0.39 is 10.0 Å². The molecule has 2 rings (SSSR count). The van der Waals surface area contributed by atoms with Crippen LogP contribution < -0.4 is 9.46 Å². The van der Waals surface area contributed by atoms with Crippen molar-refractivity contribution in [3.8, 4) is 5.75 Å². The Morgan fingerprint density at radius 2 is 1.83 bits per heavy atom. The number of piperidine rings is 1. The van der Waals surface area contributed by atoms with E-state index in [4.69, 9.17) is 4.74 Å². The number of benzene rings is 1. The topological polar surface area (TPSA) is 75.7 Å². The van der Waals surface area contributed by atoms with Crippen LogP contribution in [0.2, 0.25) is 0 Å². The fourth-order valence-corrected chi connectivity index (χ4v) is 3.94. The maximum absolute atomic E-state index is 12.4. The quantitative estimate of drug-likeness (QED) is 0.856. The van der Waals surface area contributed by atoms with Crippen molar-refractivity contribution in [3.05, 3.63) is 24.3 Å². The average Bonchev–Trinajstić information content (AvgIpc) is 2.55. The van der Waals surface area contributed by atoms with Gasteiger partial charge in [0.25, 0.3) is 0 Å². The van der Waals surface area contributed by atoms with Crippen LogP contribution >= 0.6 is 0 Å². The van der Waals surface area contributed by atoms with Gasteiger partial charge in [-0.15, -0.1) is 0 Å². The molecule has 1 aliphatic rings. The molecule has 1 aliphatic heterocycles. The predicted molar refractivity (Wildman–Crippen MR) is 87.8 cm³/mol. The predicted octanol–water partition coefficient (Wildman–Crippen LogP) is 1.76. The summed E-state index contributed by atoms with van der Waals surface area (Å²) in [6.45, 7) is 5.45. The minimum atomic E-state index is -3.54. The van der Waals surface area contributed by atoms with E-state index in [-0.39, 0.29) is 16.8 Å². The number of nitrogens with zero attached hydrogens (tertiary/aromatic N) is 1. The lowest BCUT2D eigenvalue weighted by Crippen LogP contribution is -2.46. The Labute approximate surface area is 137 Å². The van der Waals surface area contributed by atoms with Crippen LogP contribution in [0.25, 0.3) is 0 Å². The van der Waals surface area contributed by atoms with E-state index in [1.54, 1.807) is 29.2 Å². The van der Waals surface area contributed by atoms with E-state index in [1.807, 2.05) is 13.8 Å². The molecule has 1 saturated heterocycles. The molecule has 0 aromatic heterocycles. The lowest BCUT2D eigenvalue weighted by molar-refractivity contribution is -0.131. The van der Waals surface area contributed by atoms with Gasteiger partial charge >= 0.3 is 0 Å². The molecular weight excluding hydrogens is 316 g/mol. The number of amides is 1. The lowest BCUT2D eigenvalue weighted by atomic mass is 10.1. The molecule has 0 aliphatic carbocycles. The summed E-state index contributed by atoms with van der Waals surface area (Å²) in [6, 6.07) is 6.26. The molecule has 7 heteroatoms. The van der Waals surface area contributed by atoms with E-state index >= 15 is 0 Å². The van der Waals surface area contributed by atoms with E-state index in [0.29, 0.717) is 44.7 Å². The molecule has 1 aromatic rings. The van der Waals surface area contributed by atoms with Gasteiger partial charge in [-0.05, 0) is 44.0 Å². The molecule has 0 unspecified atom stereocenters. The van der Waals surface area contributed by atoms with Gasteiger partial charge < -0.3 is 9.64 Å². The Bertz CT molecular complexity index is 620. The standard InChI is InChI=1S/C16H24N2O4S/c1-3-16(19)18-11-9-13(10-12-18)17-23(20,21)15-7-5-14(6-8-15)22-4-2/h5-8,13,17H,3-4,9-12H2,1-2H3. The molecule has 1 aromatic carbocycles. The molecule has 0 saturated carbocycles. The van der Waals surface area contributed by atoms with E-state index in [1.165, 1.54) is 0 Å². The number of likely N-dealkylation sites (tertiary alicyclic amines) is 1. The number of sulfonamides is 1. The number of ether oxygens (including phenoxy) is 1. The molecule has 0 radical (unpaired) electrons. The molecule has 1 amide bonds. The molecule has 128 valence electrons. The fourth-order valence-electron chi connectivity index (χ4n) is 2.64. The third-order valence-electron chi connectivity index (χ3n) is 3.92. The second kappa shape index (κ2) is 7.79. The maximum Gasteiger partial charge on any atom is 0.240 e. The van der Waals surface area contributed by atoms with E-state index in [0.717, 1.165) is 0 Å². The van der Waals surface area contributed by atoms with Gasteiger partial charge in [-0.3, -0.25) is 4.79 Å². The number of hydrogen-bond acceptors (Lipinski definition) is 4. The fraction of sp³-hybridized carbons (Fsp3) is 0.562. The van der Waals surface area contributed by atoms with Gasteiger partial charge in [-0.2, -0.15) is 0 Å². The highest BCUT2D eigenvalue weighted by molar-refractivity contribution is 7.89. The zero-order valence-corrected chi connectivity index (χ0v) is 14.4. The van der Waals surface area contributed by atoms with E-state index in [9.17, 15) is 13.2 Å². The van der Waals surface area contributed by atoms with Crippen LogP contribution in [0.1, 0.15) is 33.1 Å². The molecule has 1 N–H and O–H groups in total. The van der Waals surface area contributed by atoms with Crippen molar-refractivity contribution in [2.45, 2.75) is 44.0 Å². The molecule has 0 bridgehead atoms. The third kappa shape index (κ3) is 4.68. The summed E-state index contributed by atoms with van der Waals surface area (Å²) in [4.78, 5) is 13.7. The highest BCUT2D eigenvalue weighted by Crippen LogP contribution is 2.18. The summed E-state index contributed by atoms with van der Waals surface area (Å²) in [6.07, 6.45) is 1.77. The normalized spacial score (nSPS) is 16.3. The molecule has 6 nitrogen and oxygen atoms in total. The summed E-state index contributed by atoms with van der Waals surface area (Å²) < 4.78 is 32.9. The van der Waals surface area contributed by atoms with Gasteiger partial charge in [0.2, 0.25) is 15.9 Å². The van der Waals surface area contributed by atoms with Crippen molar-refractivity contribution < 1.29 is 17.9 Å². The zero-order chi connectivity index (χ0) is 16.9. The van der Waals surface area contributed by atoms with Crippen LogP contribution in [0.4, 0.5) is 0 Å². The number of carbonyl (C=O) groups excluding carboxylic acids is 1. The first kappa shape index (κ1) is 17.7. The number of hydrogen-bond donors (Lipinski definition) is 1. The largest absolute Gasteiger partial charge is 0.494 e. The minimum Gasteiger partial charge on any atom is -0.494 e. The summed E-state index contributed by atoms with van der Waals surface area (Å²) in [5.74, 6) is 0.774. The van der Waals surface area contributed by atoms with Crippen LogP contribution in [0, 0.1) is 0 Å². The second-order valence-corrected chi connectivity index (χ2v) is 7.25. The van der Waals surface area contributed by atoms with Crippen molar-refractivity contribution in [1.29, 1.82) is 0 Å².